The van der Waals surface area contributed by atoms with Crippen molar-refractivity contribution in [2.45, 2.75) is 12.6 Å². The molecule has 3 nitrogen and oxygen atoms in total. The van der Waals surface area contributed by atoms with Crippen LogP contribution in [0.4, 0.5) is 5.69 Å². The molecule has 1 aliphatic rings. The molecule has 3 aromatic rings. The van der Waals surface area contributed by atoms with Gasteiger partial charge in [0, 0.05) is 16.8 Å². The predicted molar refractivity (Wildman–Crippen MR) is 104 cm³/mol. The van der Waals surface area contributed by atoms with Gasteiger partial charge >= 0.3 is 0 Å². The van der Waals surface area contributed by atoms with Crippen LogP contribution < -0.4 is 5.32 Å². The number of hydrogen-bond acceptors (Lipinski definition) is 3. The number of para-hydroxylation sites is 1. The SMILES string of the molecule is CC1(c2ccccc2)N=C(Nc2ccccc2)C(c2ccccc2)=N1. The van der Waals surface area contributed by atoms with Crippen molar-refractivity contribution in [3.63, 3.8) is 0 Å². The highest BCUT2D eigenvalue weighted by atomic mass is 15.2. The van der Waals surface area contributed by atoms with Gasteiger partial charge in [-0.1, -0.05) is 78.9 Å². The maximum Gasteiger partial charge on any atom is 0.176 e. The minimum atomic E-state index is -0.621. The van der Waals surface area contributed by atoms with Crippen molar-refractivity contribution >= 4 is 17.2 Å². The van der Waals surface area contributed by atoms with Gasteiger partial charge in [0.25, 0.3) is 0 Å². The van der Waals surface area contributed by atoms with E-state index in [0.29, 0.717) is 0 Å². The quantitative estimate of drug-likeness (QED) is 0.732. The minimum Gasteiger partial charge on any atom is -0.339 e. The highest BCUT2D eigenvalue weighted by Gasteiger charge is 2.33. The standard InChI is InChI=1S/C22H19N3/c1-22(18-13-7-3-8-14-18)24-20(17-11-5-2-6-12-17)21(25-22)23-19-15-9-4-10-16-19/h2-16H,1H3,(H,23,25). The summed E-state index contributed by atoms with van der Waals surface area (Å²) in [5, 5.41) is 3.43. The Morgan fingerprint density at radius 1 is 0.680 bits per heavy atom. The zero-order valence-electron chi connectivity index (χ0n) is 14.1. The van der Waals surface area contributed by atoms with E-state index in [1.807, 2.05) is 73.7 Å². The third-order valence-electron chi connectivity index (χ3n) is 4.29. The molecule has 0 fully saturated rings. The zero-order chi connectivity index (χ0) is 17.1. The molecular formula is C22H19N3. The molecule has 1 N–H and O–H groups in total. The molecule has 0 aromatic heterocycles. The van der Waals surface area contributed by atoms with Gasteiger partial charge in [0.05, 0.1) is 0 Å². The number of nitrogens with zero attached hydrogens (tertiary/aromatic N) is 2. The van der Waals surface area contributed by atoms with Gasteiger partial charge in [-0.25, -0.2) is 9.98 Å². The molecule has 1 heterocycles. The molecule has 0 saturated heterocycles. The van der Waals surface area contributed by atoms with Gasteiger partial charge < -0.3 is 5.32 Å². The molecule has 1 atom stereocenters. The summed E-state index contributed by atoms with van der Waals surface area (Å²) >= 11 is 0. The highest BCUT2D eigenvalue weighted by molar-refractivity contribution is 6.52. The molecular weight excluding hydrogens is 306 g/mol. The van der Waals surface area contributed by atoms with Crippen molar-refractivity contribution < 1.29 is 0 Å². The first-order valence-corrected chi connectivity index (χ1v) is 8.38. The van der Waals surface area contributed by atoms with Crippen molar-refractivity contribution in [1.82, 2.24) is 0 Å². The molecule has 3 aromatic carbocycles. The summed E-state index contributed by atoms with van der Waals surface area (Å²) in [7, 11) is 0. The molecule has 122 valence electrons. The van der Waals surface area contributed by atoms with E-state index in [-0.39, 0.29) is 0 Å². The van der Waals surface area contributed by atoms with E-state index in [4.69, 9.17) is 9.98 Å². The number of hydrogen-bond donors (Lipinski definition) is 1. The van der Waals surface area contributed by atoms with Crippen LogP contribution in [0.2, 0.25) is 0 Å². The van der Waals surface area contributed by atoms with Crippen LogP contribution in [0.15, 0.2) is 101 Å². The van der Waals surface area contributed by atoms with Crippen LogP contribution in [0.1, 0.15) is 18.1 Å². The molecule has 25 heavy (non-hydrogen) atoms. The van der Waals surface area contributed by atoms with Crippen LogP contribution in [-0.2, 0) is 5.66 Å². The van der Waals surface area contributed by atoms with Crippen LogP contribution >= 0.6 is 0 Å². The molecule has 0 spiro atoms. The van der Waals surface area contributed by atoms with E-state index in [1.54, 1.807) is 0 Å². The van der Waals surface area contributed by atoms with Gasteiger partial charge in [-0.2, -0.15) is 0 Å². The van der Waals surface area contributed by atoms with E-state index < -0.39 is 5.66 Å². The van der Waals surface area contributed by atoms with E-state index in [0.717, 1.165) is 28.4 Å². The van der Waals surface area contributed by atoms with E-state index >= 15 is 0 Å². The molecule has 0 aliphatic carbocycles. The maximum absolute atomic E-state index is 4.99. The van der Waals surface area contributed by atoms with Gasteiger partial charge in [-0.05, 0) is 19.1 Å². The Morgan fingerprint density at radius 3 is 1.88 bits per heavy atom. The van der Waals surface area contributed by atoms with Gasteiger partial charge in [-0.3, -0.25) is 0 Å². The molecule has 0 saturated carbocycles. The fourth-order valence-electron chi connectivity index (χ4n) is 2.99. The van der Waals surface area contributed by atoms with Crippen molar-refractivity contribution in [1.29, 1.82) is 0 Å². The zero-order valence-corrected chi connectivity index (χ0v) is 14.1. The summed E-state index contributed by atoms with van der Waals surface area (Å²) in [5.74, 6) is 0.795. The lowest BCUT2D eigenvalue weighted by Crippen LogP contribution is -2.21. The summed E-state index contributed by atoms with van der Waals surface area (Å²) in [4.78, 5) is 9.93. The number of aliphatic imine (C=N–C) groups is 2. The number of benzene rings is 3. The van der Waals surface area contributed by atoms with Gasteiger partial charge in [0.1, 0.15) is 5.71 Å². The molecule has 0 amide bonds. The monoisotopic (exact) mass is 325 g/mol. The van der Waals surface area contributed by atoms with Gasteiger partial charge in [-0.15, -0.1) is 0 Å². The summed E-state index contributed by atoms with van der Waals surface area (Å²) in [6.07, 6.45) is 0. The average molecular weight is 325 g/mol. The Bertz CT molecular complexity index is 915. The number of amidine groups is 1. The summed E-state index contributed by atoms with van der Waals surface area (Å²) < 4.78 is 0. The second kappa shape index (κ2) is 6.36. The predicted octanol–water partition coefficient (Wildman–Crippen LogP) is 4.87. The smallest absolute Gasteiger partial charge is 0.176 e. The van der Waals surface area contributed by atoms with E-state index in [9.17, 15) is 0 Å². The van der Waals surface area contributed by atoms with Crippen LogP contribution in [0.3, 0.4) is 0 Å². The normalized spacial score (nSPS) is 19.2. The largest absolute Gasteiger partial charge is 0.339 e. The van der Waals surface area contributed by atoms with Crippen molar-refractivity contribution in [2.75, 3.05) is 5.32 Å². The molecule has 1 unspecified atom stereocenters. The summed E-state index contributed by atoms with van der Waals surface area (Å²) in [6, 6.07) is 30.5. The van der Waals surface area contributed by atoms with Crippen LogP contribution in [0.5, 0.6) is 0 Å². The second-order valence-electron chi connectivity index (χ2n) is 6.16. The Kier molecular flexibility index (Phi) is 3.90. The lowest BCUT2D eigenvalue weighted by Gasteiger charge is -2.17. The minimum absolute atomic E-state index is 0.621. The van der Waals surface area contributed by atoms with Crippen LogP contribution in [-0.4, -0.2) is 11.5 Å². The molecule has 3 heteroatoms. The maximum atomic E-state index is 4.99. The third kappa shape index (κ3) is 3.09. The van der Waals surface area contributed by atoms with E-state index in [1.165, 1.54) is 0 Å². The fourth-order valence-corrected chi connectivity index (χ4v) is 2.99. The molecule has 0 radical (unpaired) electrons. The first-order valence-electron chi connectivity index (χ1n) is 8.38. The van der Waals surface area contributed by atoms with Crippen molar-refractivity contribution in [2.24, 2.45) is 9.98 Å². The lowest BCUT2D eigenvalue weighted by atomic mass is 10.0. The van der Waals surface area contributed by atoms with Crippen LogP contribution in [0, 0.1) is 0 Å². The topological polar surface area (TPSA) is 36.8 Å². The van der Waals surface area contributed by atoms with Gasteiger partial charge in [0.2, 0.25) is 0 Å². The Labute approximate surface area is 147 Å². The Balaban J connectivity index is 1.79. The summed E-state index contributed by atoms with van der Waals surface area (Å²) in [6.45, 7) is 2.05. The fraction of sp³-hybridized carbons (Fsp3) is 0.0909. The average Bonchev–Trinajstić information content (AvgIpc) is 3.02. The van der Waals surface area contributed by atoms with Crippen LogP contribution in [0.25, 0.3) is 0 Å². The first kappa shape index (κ1) is 15.3. The summed E-state index contributed by atoms with van der Waals surface area (Å²) in [5.41, 5.74) is 3.40. The number of rotatable bonds is 3. The number of nitrogens with one attached hydrogen (secondary N) is 1. The first-order chi connectivity index (χ1) is 12.2. The third-order valence-corrected chi connectivity index (χ3v) is 4.29. The Hall–Kier alpha value is -3.20. The highest BCUT2D eigenvalue weighted by Crippen LogP contribution is 2.33. The van der Waals surface area contributed by atoms with Gasteiger partial charge in [0.15, 0.2) is 11.5 Å². The number of anilines is 1. The molecule has 1 aliphatic heterocycles. The molecule has 4 rings (SSSR count). The molecule has 0 bridgehead atoms. The second-order valence-corrected chi connectivity index (χ2v) is 6.16. The lowest BCUT2D eigenvalue weighted by molar-refractivity contribution is 0.541. The van der Waals surface area contributed by atoms with Crippen molar-refractivity contribution in [3.05, 3.63) is 102 Å². The van der Waals surface area contributed by atoms with E-state index in [2.05, 4.69) is 29.6 Å². The Morgan fingerprint density at radius 2 is 1.24 bits per heavy atom. The van der Waals surface area contributed by atoms with Crippen molar-refractivity contribution in [3.8, 4) is 0 Å².